The molecule has 1 saturated heterocycles. The summed E-state index contributed by atoms with van der Waals surface area (Å²) in [4.78, 5) is 27.9. The molecular formula is C24H24ClNO5. The van der Waals surface area contributed by atoms with Crippen molar-refractivity contribution in [1.82, 2.24) is 4.90 Å². The summed E-state index contributed by atoms with van der Waals surface area (Å²) in [6.45, 7) is 0. The van der Waals surface area contributed by atoms with E-state index >= 15 is 0 Å². The molecule has 2 fully saturated rings. The molecule has 4 rings (SSSR count). The van der Waals surface area contributed by atoms with Crippen LogP contribution >= 0.6 is 11.6 Å². The molecule has 0 spiro atoms. The van der Waals surface area contributed by atoms with Gasteiger partial charge in [-0.1, -0.05) is 36.6 Å². The molecule has 6 nitrogen and oxygen atoms in total. The lowest BCUT2D eigenvalue weighted by molar-refractivity contribution is -0.141. The van der Waals surface area contributed by atoms with E-state index in [1.54, 1.807) is 42.3 Å². The number of benzene rings is 2. The van der Waals surface area contributed by atoms with Gasteiger partial charge in [0.15, 0.2) is 0 Å². The Morgan fingerprint density at radius 1 is 1.03 bits per heavy atom. The average Bonchev–Trinajstić information content (AvgIpc) is 3.40. The van der Waals surface area contributed by atoms with Crippen molar-refractivity contribution in [3.8, 4) is 11.5 Å². The fourth-order valence-corrected chi connectivity index (χ4v) is 4.68. The molecule has 1 amide bonds. The van der Waals surface area contributed by atoms with Crippen LogP contribution in [-0.4, -0.2) is 42.0 Å². The highest BCUT2D eigenvalue weighted by molar-refractivity contribution is 6.46. The van der Waals surface area contributed by atoms with Gasteiger partial charge in [-0.2, -0.15) is 0 Å². The second-order valence-electron chi connectivity index (χ2n) is 7.77. The van der Waals surface area contributed by atoms with Crippen LogP contribution in [0.25, 0.3) is 5.76 Å². The number of likely N-dealkylation sites (tertiary alicyclic amines) is 1. The summed E-state index contributed by atoms with van der Waals surface area (Å²) in [5.74, 6) is -0.454. The molecule has 0 radical (unpaired) electrons. The van der Waals surface area contributed by atoms with Crippen LogP contribution in [0, 0.1) is 0 Å². The van der Waals surface area contributed by atoms with Crippen molar-refractivity contribution in [3.63, 3.8) is 0 Å². The summed E-state index contributed by atoms with van der Waals surface area (Å²) < 4.78 is 10.5. The van der Waals surface area contributed by atoms with E-state index < -0.39 is 17.7 Å². The van der Waals surface area contributed by atoms with E-state index in [-0.39, 0.29) is 17.4 Å². The smallest absolute Gasteiger partial charge is 0.295 e. The Morgan fingerprint density at radius 2 is 1.71 bits per heavy atom. The largest absolute Gasteiger partial charge is 0.507 e. The molecule has 1 saturated carbocycles. The molecular weight excluding hydrogens is 418 g/mol. The molecule has 1 aliphatic carbocycles. The maximum Gasteiger partial charge on any atom is 0.295 e. The maximum atomic E-state index is 13.1. The summed E-state index contributed by atoms with van der Waals surface area (Å²) >= 11 is 6.11. The highest BCUT2D eigenvalue weighted by Crippen LogP contribution is 2.44. The van der Waals surface area contributed by atoms with Gasteiger partial charge in [0.25, 0.3) is 11.7 Å². The number of aliphatic hydroxyl groups is 1. The quantitative estimate of drug-likeness (QED) is 0.412. The summed E-state index contributed by atoms with van der Waals surface area (Å²) in [5, 5.41) is 11.6. The summed E-state index contributed by atoms with van der Waals surface area (Å²) in [7, 11) is 3.05. The number of Topliss-reactive ketones (excluding diaryl/α,β-unsaturated/α-hetero) is 1. The fourth-order valence-electron chi connectivity index (χ4n) is 4.49. The molecule has 2 aromatic rings. The van der Waals surface area contributed by atoms with E-state index in [0.717, 1.165) is 31.2 Å². The van der Waals surface area contributed by atoms with Crippen LogP contribution in [0.1, 0.15) is 42.9 Å². The predicted molar refractivity (Wildman–Crippen MR) is 117 cm³/mol. The lowest BCUT2D eigenvalue weighted by Crippen LogP contribution is -2.37. The van der Waals surface area contributed by atoms with Crippen molar-refractivity contribution in [3.05, 3.63) is 64.2 Å². The van der Waals surface area contributed by atoms with Gasteiger partial charge in [-0.05, 0) is 48.7 Å². The molecule has 1 atom stereocenters. The van der Waals surface area contributed by atoms with Gasteiger partial charge < -0.3 is 19.5 Å². The summed E-state index contributed by atoms with van der Waals surface area (Å²) in [5.41, 5.74) is 1.19. The Hall–Kier alpha value is -2.99. The zero-order chi connectivity index (χ0) is 22.1. The topological polar surface area (TPSA) is 76.1 Å². The highest BCUT2D eigenvalue weighted by Gasteiger charge is 2.49. The molecule has 31 heavy (non-hydrogen) atoms. The second-order valence-corrected chi connectivity index (χ2v) is 8.17. The van der Waals surface area contributed by atoms with Crippen LogP contribution in [0.5, 0.6) is 11.5 Å². The van der Waals surface area contributed by atoms with Gasteiger partial charge in [-0.3, -0.25) is 9.59 Å². The van der Waals surface area contributed by atoms with Gasteiger partial charge >= 0.3 is 0 Å². The van der Waals surface area contributed by atoms with E-state index in [9.17, 15) is 14.7 Å². The Bertz CT molecular complexity index is 1040. The first-order valence-corrected chi connectivity index (χ1v) is 10.6. The zero-order valence-corrected chi connectivity index (χ0v) is 18.2. The average molecular weight is 442 g/mol. The minimum absolute atomic E-state index is 0.0337. The van der Waals surface area contributed by atoms with Crippen LogP contribution in [0.3, 0.4) is 0 Å². The lowest BCUT2D eigenvalue weighted by atomic mass is 9.94. The van der Waals surface area contributed by atoms with E-state index in [1.807, 2.05) is 12.1 Å². The number of aliphatic hydroxyl groups excluding tert-OH is 1. The number of nitrogens with zero attached hydrogens (tertiary/aromatic N) is 1. The number of halogens is 1. The van der Waals surface area contributed by atoms with Crippen LogP contribution in [0.4, 0.5) is 0 Å². The van der Waals surface area contributed by atoms with E-state index in [1.165, 1.54) is 7.11 Å². The number of methoxy groups -OCH3 is 2. The molecule has 1 N–H and O–H groups in total. The molecule has 2 aromatic carbocycles. The SMILES string of the molecule is COc1ccc(C2/C(=C(/O)c3ccc(Cl)c(OC)c3)C(=O)C(=O)N2C2CCCC2)cc1. The van der Waals surface area contributed by atoms with E-state index in [0.29, 0.717) is 22.1 Å². The van der Waals surface area contributed by atoms with Crippen molar-refractivity contribution in [2.45, 2.75) is 37.8 Å². The van der Waals surface area contributed by atoms with Crippen LogP contribution in [0.15, 0.2) is 48.0 Å². The summed E-state index contributed by atoms with van der Waals surface area (Å²) in [6, 6.07) is 11.3. The van der Waals surface area contributed by atoms with Crippen LogP contribution in [0.2, 0.25) is 5.02 Å². The van der Waals surface area contributed by atoms with Crippen LogP contribution in [-0.2, 0) is 9.59 Å². The van der Waals surface area contributed by atoms with Crippen LogP contribution < -0.4 is 9.47 Å². The number of carbonyl (C=O) groups is 2. The van der Waals surface area contributed by atoms with E-state index in [4.69, 9.17) is 21.1 Å². The van der Waals surface area contributed by atoms with Crippen molar-refractivity contribution in [1.29, 1.82) is 0 Å². The second kappa shape index (κ2) is 8.63. The third-order valence-corrected chi connectivity index (χ3v) is 6.37. The Morgan fingerprint density at radius 3 is 2.32 bits per heavy atom. The third-order valence-electron chi connectivity index (χ3n) is 6.05. The minimum atomic E-state index is -0.681. The van der Waals surface area contributed by atoms with Gasteiger partial charge in [0.2, 0.25) is 0 Å². The zero-order valence-electron chi connectivity index (χ0n) is 17.4. The van der Waals surface area contributed by atoms with Gasteiger partial charge in [0, 0.05) is 11.6 Å². The first-order chi connectivity index (χ1) is 15.0. The Kier molecular flexibility index (Phi) is 5.92. The number of rotatable bonds is 5. The highest BCUT2D eigenvalue weighted by atomic mass is 35.5. The standard InChI is InChI=1S/C24H24ClNO5/c1-30-17-10-7-14(8-11-17)21-20(22(27)15-9-12-18(25)19(13-15)31-2)23(28)24(29)26(21)16-5-3-4-6-16/h7-13,16,21,27H,3-6H2,1-2H3/b22-20-. The predicted octanol–water partition coefficient (Wildman–Crippen LogP) is 4.72. The third kappa shape index (κ3) is 3.76. The molecule has 162 valence electrons. The normalized spacial score (nSPS) is 21.0. The molecule has 7 heteroatoms. The van der Waals surface area contributed by atoms with Crippen molar-refractivity contribution < 1.29 is 24.2 Å². The Balaban J connectivity index is 1.87. The number of carbonyl (C=O) groups excluding carboxylic acids is 2. The van der Waals surface area contributed by atoms with Gasteiger partial charge in [-0.25, -0.2) is 0 Å². The number of hydrogen-bond donors (Lipinski definition) is 1. The monoisotopic (exact) mass is 441 g/mol. The van der Waals surface area contributed by atoms with Crippen molar-refractivity contribution in [2.75, 3.05) is 14.2 Å². The Labute approximate surface area is 186 Å². The van der Waals surface area contributed by atoms with Crippen molar-refractivity contribution in [2.24, 2.45) is 0 Å². The minimum Gasteiger partial charge on any atom is -0.507 e. The van der Waals surface area contributed by atoms with Gasteiger partial charge in [-0.15, -0.1) is 0 Å². The first kappa shape index (κ1) is 21.2. The number of hydrogen-bond acceptors (Lipinski definition) is 5. The van der Waals surface area contributed by atoms with Gasteiger partial charge in [0.1, 0.15) is 17.3 Å². The first-order valence-electron chi connectivity index (χ1n) is 10.2. The maximum absolute atomic E-state index is 13.1. The number of ketones is 1. The molecule has 0 bridgehead atoms. The molecule has 1 unspecified atom stereocenters. The molecule has 2 aliphatic rings. The molecule has 1 heterocycles. The molecule has 0 aromatic heterocycles. The lowest BCUT2D eigenvalue weighted by Gasteiger charge is -2.30. The summed E-state index contributed by atoms with van der Waals surface area (Å²) in [6.07, 6.45) is 3.71. The van der Waals surface area contributed by atoms with Crippen molar-refractivity contribution >= 4 is 29.1 Å². The number of amides is 1. The number of ether oxygens (including phenoxy) is 2. The van der Waals surface area contributed by atoms with E-state index in [2.05, 4.69) is 0 Å². The van der Waals surface area contributed by atoms with Gasteiger partial charge in [0.05, 0.1) is 30.9 Å². The molecule has 1 aliphatic heterocycles. The fraction of sp³-hybridized carbons (Fsp3) is 0.333.